The second-order valence-corrected chi connectivity index (χ2v) is 6.41. The largest absolute Gasteiger partial charge is 0.378 e. The van der Waals surface area contributed by atoms with Gasteiger partial charge >= 0.3 is 0 Å². The Morgan fingerprint density at radius 2 is 2.10 bits per heavy atom. The van der Waals surface area contributed by atoms with Crippen molar-refractivity contribution < 1.29 is 4.74 Å². The lowest BCUT2D eigenvalue weighted by Gasteiger charge is -2.54. The first-order chi connectivity index (χ1) is 9.52. The molecule has 1 aliphatic rings. The second-order valence-electron chi connectivity index (χ2n) is 6.00. The Balaban J connectivity index is 2.02. The van der Waals surface area contributed by atoms with Crippen molar-refractivity contribution in [2.75, 3.05) is 6.61 Å². The molecule has 1 N–H and O–H groups in total. The summed E-state index contributed by atoms with van der Waals surface area (Å²) in [6.07, 6.45) is 2.60. The fourth-order valence-corrected chi connectivity index (χ4v) is 3.53. The van der Waals surface area contributed by atoms with E-state index in [0.717, 1.165) is 24.5 Å². The van der Waals surface area contributed by atoms with Crippen molar-refractivity contribution in [2.45, 2.75) is 58.7 Å². The molecule has 2 nitrogen and oxygen atoms in total. The van der Waals surface area contributed by atoms with Gasteiger partial charge in [-0.25, -0.2) is 0 Å². The summed E-state index contributed by atoms with van der Waals surface area (Å²) in [6, 6.07) is 8.84. The third-order valence-electron chi connectivity index (χ3n) is 4.93. The van der Waals surface area contributed by atoms with E-state index >= 15 is 0 Å². The van der Waals surface area contributed by atoms with Crippen LogP contribution in [0, 0.1) is 5.41 Å². The van der Waals surface area contributed by atoms with Crippen LogP contribution in [-0.4, -0.2) is 18.8 Å². The molecule has 1 fully saturated rings. The Hall–Kier alpha value is -0.570. The van der Waals surface area contributed by atoms with Crippen LogP contribution in [0.2, 0.25) is 5.02 Å². The Morgan fingerprint density at radius 1 is 1.40 bits per heavy atom. The van der Waals surface area contributed by atoms with E-state index < -0.39 is 0 Å². The molecule has 4 atom stereocenters. The summed E-state index contributed by atoms with van der Waals surface area (Å²) in [7, 11) is 0. The van der Waals surface area contributed by atoms with Crippen LogP contribution in [0.1, 0.15) is 52.1 Å². The number of hydrogen-bond acceptors (Lipinski definition) is 2. The molecule has 0 heterocycles. The highest BCUT2D eigenvalue weighted by Crippen LogP contribution is 2.46. The molecule has 0 aliphatic heterocycles. The SMILES string of the molecule is CCOC1CC(N[C@@H](C)c2ccccc2Cl)C1(C)CC. The zero-order chi connectivity index (χ0) is 14.8. The van der Waals surface area contributed by atoms with Crippen LogP contribution in [-0.2, 0) is 4.74 Å². The molecule has 2 rings (SSSR count). The lowest BCUT2D eigenvalue weighted by atomic mass is 9.61. The standard InChI is InChI=1S/C17H26ClNO/c1-5-17(4)15(11-16(17)20-6-2)19-12(3)13-9-7-8-10-14(13)18/h7-10,12,15-16,19H,5-6,11H2,1-4H3/t12-,15?,16?,17?/m0/s1. The first-order valence-corrected chi connectivity index (χ1v) is 8.02. The average Bonchev–Trinajstić information content (AvgIpc) is 2.45. The maximum Gasteiger partial charge on any atom is 0.0658 e. The molecule has 0 aromatic heterocycles. The van der Waals surface area contributed by atoms with Crippen molar-refractivity contribution in [3.05, 3.63) is 34.9 Å². The van der Waals surface area contributed by atoms with Crippen LogP contribution in [0.3, 0.4) is 0 Å². The van der Waals surface area contributed by atoms with Gasteiger partial charge in [0.1, 0.15) is 0 Å². The molecule has 1 aromatic carbocycles. The van der Waals surface area contributed by atoms with Crippen molar-refractivity contribution in [3.8, 4) is 0 Å². The number of ether oxygens (including phenoxy) is 1. The van der Waals surface area contributed by atoms with Crippen LogP contribution >= 0.6 is 11.6 Å². The first-order valence-electron chi connectivity index (χ1n) is 7.65. The van der Waals surface area contributed by atoms with Crippen LogP contribution in [0.4, 0.5) is 0 Å². The molecule has 0 amide bonds. The van der Waals surface area contributed by atoms with Crippen LogP contribution < -0.4 is 5.32 Å². The fourth-order valence-electron chi connectivity index (χ4n) is 3.23. The van der Waals surface area contributed by atoms with E-state index in [-0.39, 0.29) is 11.5 Å². The average molecular weight is 296 g/mol. The molecule has 1 aromatic rings. The van der Waals surface area contributed by atoms with Crippen molar-refractivity contribution in [2.24, 2.45) is 5.41 Å². The normalized spacial score (nSPS) is 30.9. The number of nitrogens with one attached hydrogen (secondary N) is 1. The van der Waals surface area contributed by atoms with Crippen LogP contribution in [0.25, 0.3) is 0 Å². The quantitative estimate of drug-likeness (QED) is 0.829. The van der Waals surface area contributed by atoms with Gasteiger partial charge in [0.15, 0.2) is 0 Å². The van der Waals surface area contributed by atoms with Crippen molar-refractivity contribution in [1.82, 2.24) is 5.32 Å². The molecular formula is C17H26ClNO. The predicted octanol–water partition coefficient (Wildman–Crippen LogP) is 4.58. The summed E-state index contributed by atoms with van der Waals surface area (Å²) >= 11 is 6.28. The Morgan fingerprint density at radius 3 is 2.70 bits per heavy atom. The van der Waals surface area contributed by atoms with Gasteiger partial charge < -0.3 is 10.1 Å². The third-order valence-corrected chi connectivity index (χ3v) is 5.28. The van der Waals surface area contributed by atoms with Crippen molar-refractivity contribution >= 4 is 11.6 Å². The molecule has 0 spiro atoms. The lowest BCUT2D eigenvalue weighted by Crippen LogP contribution is -2.62. The Bertz CT molecular complexity index is 450. The molecule has 112 valence electrons. The molecule has 1 saturated carbocycles. The van der Waals surface area contributed by atoms with Gasteiger partial charge in [0.05, 0.1) is 6.10 Å². The smallest absolute Gasteiger partial charge is 0.0658 e. The highest BCUT2D eigenvalue weighted by molar-refractivity contribution is 6.31. The zero-order valence-electron chi connectivity index (χ0n) is 12.9. The van der Waals surface area contributed by atoms with Gasteiger partial charge in [0.25, 0.3) is 0 Å². The molecule has 3 heteroatoms. The minimum absolute atomic E-state index is 0.228. The maximum atomic E-state index is 6.28. The minimum atomic E-state index is 0.228. The number of rotatable bonds is 6. The third kappa shape index (κ3) is 2.88. The molecular weight excluding hydrogens is 270 g/mol. The summed E-state index contributed by atoms with van der Waals surface area (Å²) in [4.78, 5) is 0. The van der Waals surface area contributed by atoms with E-state index in [0.29, 0.717) is 12.1 Å². The molecule has 3 unspecified atom stereocenters. The summed E-state index contributed by atoms with van der Waals surface area (Å²) in [6.45, 7) is 9.63. The topological polar surface area (TPSA) is 21.3 Å². The van der Waals surface area contributed by atoms with Gasteiger partial charge in [-0.2, -0.15) is 0 Å². The molecule has 20 heavy (non-hydrogen) atoms. The van der Waals surface area contributed by atoms with Gasteiger partial charge in [0, 0.05) is 29.1 Å². The van der Waals surface area contributed by atoms with Crippen molar-refractivity contribution in [1.29, 1.82) is 0 Å². The Labute approximate surface area is 127 Å². The van der Waals surface area contributed by atoms with Gasteiger partial charge in [-0.1, -0.05) is 43.6 Å². The zero-order valence-corrected chi connectivity index (χ0v) is 13.7. The van der Waals surface area contributed by atoms with Gasteiger partial charge in [0.2, 0.25) is 0 Å². The maximum absolute atomic E-state index is 6.28. The summed E-state index contributed by atoms with van der Waals surface area (Å²) in [5.74, 6) is 0. The number of halogens is 1. The summed E-state index contributed by atoms with van der Waals surface area (Å²) < 4.78 is 5.86. The van der Waals surface area contributed by atoms with E-state index in [1.54, 1.807) is 0 Å². The second kappa shape index (κ2) is 6.46. The monoisotopic (exact) mass is 295 g/mol. The highest BCUT2D eigenvalue weighted by atomic mass is 35.5. The molecule has 0 saturated heterocycles. The highest BCUT2D eigenvalue weighted by Gasteiger charge is 2.51. The van der Waals surface area contributed by atoms with Crippen LogP contribution in [0.15, 0.2) is 24.3 Å². The van der Waals surface area contributed by atoms with Crippen molar-refractivity contribution in [3.63, 3.8) is 0 Å². The van der Waals surface area contributed by atoms with E-state index in [2.05, 4.69) is 39.1 Å². The Kier molecular flexibility index (Phi) is 5.11. The molecule has 0 radical (unpaired) electrons. The van der Waals surface area contributed by atoms with E-state index in [1.807, 2.05) is 18.2 Å². The lowest BCUT2D eigenvalue weighted by molar-refractivity contribution is -0.127. The van der Waals surface area contributed by atoms with Gasteiger partial charge in [-0.3, -0.25) is 0 Å². The number of benzene rings is 1. The number of hydrogen-bond donors (Lipinski definition) is 1. The van der Waals surface area contributed by atoms with E-state index in [4.69, 9.17) is 16.3 Å². The van der Waals surface area contributed by atoms with Gasteiger partial charge in [-0.15, -0.1) is 0 Å². The fraction of sp³-hybridized carbons (Fsp3) is 0.647. The first kappa shape index (κ1) is 15.8. The summed E-state index contributed by atoms with van der Waals surface area (Å²) in [5, 5.41) is 4.58. The van der Waals surface area contributed by atoms with Crippen LogP contribution in [0.5, 0.6) is 0 Å². The minimum Gasteiger partial charge on any atom is -0.378 e. The predicted molar refractivity (Wildman–Crippen MR) is 85.2 cm³/mol. The molecule has 0 bridgehead atoms. The van der Waals surface area contributed by atoms with Gasteiger partial charge in [-0.05, 0) is 38.3 Å². The van der Waals surface area contributed by atoms with E-state index in [1.165, 1.54) is 5.56 Å². The van der Waals surface area contributed by atoms with E-state index in [9.17, 15) is 0 Å². The summed E-state index contributed by atoms with van der Waals surface area (Å²) in [5.41, 5.74) is 1.40. The molecule has 1 aliphatic carbocycles.